The second-order valence-electron chi connectivity index (χ2n) is 6.77. The van der Waals surface area contributed by atoms with Crippen LogP contribution in [0.5, 0.6) is 0 Å². The number of aliphatic hydroxyl groups excluding tert-OH is 1. The summed E-state index contributed by atoms with van der Waals surface area (Å²) in [6.45, 7) is 0.428. The van der Waals surface area contributed by atoms with Gasteiger partial charge in [0.1, 0.15) is 22.3 Å². The normalized spacial score (nSPS) is 11.3. The van der Waals surface area contributed by atoms with E-state index in [1.165, 1.54) is 36.4 Å². The second-order valence-corrected chi connectivity index (χ2v) is 6.77. The van der Waals surface area contributed by atoms with Crippen LogP contribution in [0.25, 0.3) is 23.1 Å². The first-order chi connectivity index (χ1) is 15.5. The van der Waals surface area contributed by atoms with E-state index in [0.717, 1.165) is 5.69 Å². The van der Waals surface area contributed by atoms with Gasteiger partial charge in [0.25, 0.3) is 0 Å². The lowest BCUT2D eigenvalue weighted by molar-refractivity contribution is -0.402. The molecule has 4 rings (SSSR count). The number of benzene rings is 1. The third kappa shape index (κ3) is 4.60. The second kappa shape index (κ2) is 9.31. The molecule has 0 unspecified atom stereocenters. The van der Waals surface area contributed by atoms with E-state index in [1.54, 1.807) is 24.5 Å². The standard InChI is InChI=1S/C22H18FN5O4/c23-15-4-7-18-19(13-15)25-20(8-5-17-6-9-21(32-17)28(30)31)26-22(18)27(11-2-12-29)16-3-1-10-24-14-16/h1,3-10,13-14,29H,2,11-12H2/b8-5+. The molecule has 0 atom stereocenters. The largest absolute Gasteiger partial charge is 0.433 e. The number of nitrogens with zero attached hydrogens (tertiary/aromatic N) is 5. The van der Waals surface area contributed by atoms with E-state index in [1.807, 2.05) is 11.0 Å². The number of hydrogen-bond donors (Lipinski definition) is 1. The van der Waals surface area contributed by atoms with Crippen LogP contribution in [-0.2, 0) is 0 Å². The van der Waals surface area contributed by atoms with Crippen LogP contribution >= 0.6 is 0 Å². The predicted octanol–water partition coefficient (Wildman–Crippen LogP) is 4.36. The highest BCUT2D eigenvalue weighted by Crippen LogP contribution is 2.31. The zero-order valence-corrected chi connectivity index (χ0v) is 16.8. The minimum absolute atomic E-state index is 0.0154. The molecule has 4 aromatic rings. The lowest BCUT2D eigenvalue weighted by atomic mass is 10.2. The van der Waals surface area contributed by atoms with Gasteiger partial charge in [-0.25, -0.2) is 14.4 Å². The number of aliphatic hydroxyl groups is 1. The molecule has 0 saturated carbocycles. The van der Waals surface area contributed by atoms with Crippen molar-refractivity contribution < 1.29 is 18.8 Å². The van der Waals surface area contributed by atoms with Crippen LogP contribution in [-0.4, -0.2) is 38.1 Å². The Hall–Kier alpha value is -4.18. The summed E-state index contributed by atoms with van der Waals surface area (Å²) in [6, 6.07) is 10.6. The van der Waals surface area contributed by atoms with Gasteiger partial charge in [0, 0.05) is 30.8 Å². The van der Waals surface area contributed by atoms with E-state index in [-0.39, 0.29) is 24.1 Å². The first-order valence-electron chi connectivity index (χ1n) is 9.73. The third-order valence-electron chi connectivity index (χ3n) is 4.60. The molecule has 0 radical (unpaired) electrons. The maximum Gasteiger partial charge on any atom is 0.433 e. The van der Waals surface area contributed by atoms with Gasteiger partial charge in [-0.3, -0.25) is 15.1 Å². The van der Waals surface area contributed by atoms with Gasteiger partial charge in [0.05, 0.1) is 23.5 Å². The number of rotatable bonds is 8. The summed E-state index contributed by atoms with van der Waals surface area (Å²) in [7, 11) is 0. The van der Waals surface area contributed by atoms with Crippen molar-refractivity contribution in [3.05, 3.63) is 82.4 Å². The van der Waals surface area contributed by atoms with Crippen molar-refractivity contribution in [1.29, 1.82) is 0 Å². The average molecular weight is 435 g/mol. The molecule has 0 saturated heterocycles. The summed E-state index contributed by atoms with van der Waals surface area (Å²) in [5.41, 5.74) is 1.14. The number of pyridine rings is 1. The Balaban J connectivity index is 1.81. The monoisotopic (exact) mass is 435 g/mol. The molecule has 1 N–H and O–H groups in total. The first-order valence-corrected chi connectivity index (χ1v) is 9.73. The molecule has 9 nitrogen and oxygen atoms in total. The highest BCUT2D eigenvalue weighted by Gasteiger charge is 2.17. The molecular weight excluding hydrogens is 417 g/mol. The topological polar surface area (TPSA) is 118 Å². The van der Waals surface area contributed by atoms with Gasteiger partial charge in [-0.2, -0.15) is 0 Å². The lowest BCUT2D eigenvalue weighted by Crippen LogP contribution is -2.21. The van der Waals surface area contributed by atoms with Crippen LogP contribution in [0.2, 0.25) is 0 Å². The first kappa shape index (κ1) is 21.1. The Kier molecular flexibility index (Phi) is 6.13. The number of aromatic nitrogens is 3. The minimum Gasteiger partial charge on any atom is -0.401 e. The number of hydrogen-bond acceptors (Lipinski definition) is 8. The van der Waals surface area contributed by atoms with Gasteiger partial charge >= 0.3 is 5.88 Å². The molecule has 0 spiro atoms. The van der Waals surface area contributed by atoms with Crippen molar-refractivity contribution in [2.24, 2.45) is 0 Å². The van der Waals surface area contributed by atoms with E-state index in [2.05, 4.69) is 15.0 Å². The number of nitro groups is 1. The van der Waals surface area contributed by atoms with Crippen molar-refractivity contribution >= 4 is 40.4 Å². The Morgan fingerprint density at radius 2 is 2.06 bits per heavy atom. The molecule has 0 fully saturated rings. The molecule has 0 amide bonds. The lowest BCUT2D eigenvalue weighted by Gasteiger charge is -2.24. The molecule has 0 aliphatic rings. The van der Waals surface area contributed by atoms with Gasteiger partial charge < -0.3 is 14.4 Å². The summed E-state index contributed by atoms with van der Waals surface area (Å²) in [4.78, 5) is 25.3. The zero-order chi connectivity index (χ0) is 22.5. The fourth-order valence-corrected chi connectivity index (χ4v) is 3.17. The van der Waals surface area contributed by atoms with Gasteiger partial charge in [-0.1, -0.05) is 0 Å². The van der Waals surface area contributed by atoms with Crippen molar-refractivity contribution in [3.8, 4) is 0 Å². The van der Waals surface area contributed by atoms with E-state index in [4.69, 9.17) is 4.42 Å². The van der Waals surface area contributed by atoms with E-state index < -0.39 is 10.7 Å². The molecule has 0 bridgehead atoms. The van der Waals surface area contributed by atoms with Crippen LogP contribution in [0, 0.1) is 15.9 Å². The summed E-state index contributed by atoms with van der Waals surface area (Å²) in [5.74, 6) is 0.211. The number of anilines is 2. The zero-order valence-electron chi connectivity index (χ0n) is 16.8. The van der Waals surface area contributed by atoms with Crippen LogP contribution < -0.4 is 4.90 Å². The molecule has 3 aromatic heterocycles. The average Bonchev–Trinajstić information content (AvgIpc) is 3.28. The molecule has 10 heteroatoms. The Bertz CT molecular complexity index is 1280. The van der Waals surface area contributed by atoms with E-state index >= 15 is 0 Å². The number of halogens is 1. The fraction of sp³-hybridized carbons (Fsp3) is 0.136. The van der Waals surface area contributed by atoms with Gasteiger partial charge in [0.15, 0.2) is 5.82 Å². The molecule has 162 valence electrons. The summed E-state index contributed by atoms with van der Waals surface area (Å²) in [6.07, 6.45) is 6.83. The van der Waals surface area contributed by atoms with Crippen molar-refractivity contribution in [3.63, 3.8) is 0 Å². The predicted molar refractivity (Wildman–Crippen MR) is 117 cm³/mol. The smallest absolute Gasteiger partial charge is 0.401 e. The maximum atomic E-state index is 13.9. The van der Waals surface area contributed by atoms with Gasteiger partial charge in [0.2, 0.25) is 0 Å². The van der Waals surface area contributed by atoms with E-state index in [9.17, 15) is 19.6 Å². The highest BCUT2D eigenvalue weighted by molar-refractivity contribution is 5.92. The van der Waals surface area contributed by atoms with Crippen molar-refractivity contribution in [2.45, 2.75) is 6.42 Å². The van der Waals surface area contributed by atoms with Crippen LogP contribution in [0.1, 0.15) is 18.0 Å². The van der Waals surface area contributed by atoms with Gasteiger partial charge in [-0.05, 0) is 48.9 Å². The molecule has 3 heterocycles. The van der Waals surface area contributed by atoms with Gasteiger partial charge in [-0.15, -0.1) is 0 Å². The third-order valence-corrected chi connectivity index (χ3v) is 4.60. The number of furan rings is 1. The van der Waals surface area contributed by atoms with Crippen molar-refractivity contribution in [1.82, 2.24) is 15.0 Å². The summed E-state index contributed by atoms with van der Waals surface area (Å²) >= 11 is 0. The summed E-state index contributed by atoms with van der Waals surface area (Å²) < 4.78 is 19.1. The van der Waals surface area contributed by atoms with Crippen LogP contribution in [0.3, 0.4) is 0 Å². The summed E-state index contributed by atoms with van der Waals surface area (Å²) in [5, 5.41) is 20.8. The van der Waals surface area contributed by atoms with Crippen LogP contribution in [0.4, 0.5) is 21.8 Å². The molecule has 32 heavy (non-hydrogen) atoms. The molecule has 1 aromatic carbocycles. The Morgan fingerprint density at radius 1 is 1.19 bits per heavy atom. The number of fused-ring (bicyclic) bond motifs is 1. The highest BCUT2D eigenvalue weighted by atomic mass is 19.1. The minimum atomic E-state index is -0.627. The molecular formula is C22H18FN5O4. The maximum absolute atomic E-state index is 13.9. The SMILES string of the molecule is O=[N+]([O-])c1ccc(/C=C/c2nc(N(CCCO)c3cccnc3)c3ccc(F)cc3n2)o1. The van der Waals surface area contributed by atoms with E-state index in [0.29, 0.717) is 29.7 Å². The molecule has 0 aliphatic carbocycles. The molecule has 0 aliphatic heterocycles. The Morgan fingerprint density at radius 3 is 2.78 bits per heavy atom. The fourth-order valence-electron chi connectivity index (χ4n) is 3.17. The van der Waals surface area contributed by atoms with Crippen LogP contribution in [0.15, 0.2) is 59.3 Å². The Labute approximate surface area is 181 Å². The quantitative estimate of drug-likeness (QED) is 0.320. The van der Waals surface area contributed by atoms with Crippen molar-refractivity contribution in [2.75, 3.05) is 18.1 Å².